The number of aliphatic hydroxyl groups excluding tert-OH is 1. The minimum absolute atomic E-state index is 0.0979. The van der Waals surface area contributed by atoms with E-state index < -0.39 is 14.4 Å². The van der Waals surface area contributed by atoms with E-state index in [1.807, 2.05) is 56.3 Å². The molecular formula is C20H34O3Si. The van der Waals surface area contributed by atoms with Crippen LogP contribution in [0.25, 0.3) is 0 Å². The highest BCUT2D eigenvalue weighted by Crippen LogP contribution is 2.38. The molecule has 3 nitrogen and oxygen atoms in total. The second kappa shape index (κ2) is 8.95. The van der Waals surface area contributed by atoms with E-state index in [0.29, 0.717) is 6.61 Å². The van der Waals surface area contributed by atoms with Crippen LogP contribution in [0.2, 0.25) is 18.1 Å². The van der Waals surface area contributed by atoms with Crippen molar-refractivity contribution in [1.29, 1.82) is 0 Å². The van der Waals surface area contributed by atoms with Gasteiger partial charge in [-0.05, 0) is 37.5 Å². The largest absolute Gasteiger partial charge is 0.408 e. The fourth-order valence-corrected chi connectivity index (χ4v) is 3.35. The smallest absolute Gasteiger partial charge is 0.193 e. The Bertz CT molecular complexity index is 505. The highest BCUT2D eigenvalue weighted by Gasteiger charge is 2.40. The van der Waals surface area contributed by atoms with Crippen LogP contribution in [0.5, 0.6) is 0 Å². The third-order valence-corrected chi connectivity index (χ3v) is 9.27. The molecule has 0 spiro atoms. The summed E-state index contributed by atoms with van der Waals surface area (Å²) >= 11 is 0. The van der Waals surface area contributed by atoms with Crippen LogP contribution in [0.1, 0.15) is 40.2 Å². The van der Waals surface area contributed by atoms with Crippen molar-refractivity contribution in [3.05, 3.63) is 48.0 Å². The minimum atomic E-state index is -1.97. The molecule has 1 rings (SSSR count). The summed E-state index contributed by atoms with van der Waals surface area (Å²) < 4.78 is 12.3. The van der Waals surface area contributed by atoms with Gasteiger partial charge in [0.2, 0.25) is 0 Å². The van der Waals surface area contributed by atoms with E-state index in [2.05, 4.69) is 33.9 Å². The van der Waals surface area contributed by atoms with Crippen molar-refractivity contribution in [2.24, 2.45) is 0 Å². The SMILES string of the molecule is C/C=C\[C@@H](O[Si](C)(C)C(C)(C)C)[C@H](O)[C@H](C)OCc1ccccc1. The van der Waals surface area contributed by atoms with E-state index in [4.69, 9.17) is 9.16 Å². The summed E-state index contributed by atoms with van der Waals surface area (Å²) in [7, 11) is -1.97. The van der Waals surface area contributed by atoms with Crippen LogP contribution in [0, 0.1) is 0 Å². The average Bonchev–Trinajstić information content (AvgIpc) is 2.51. The number of ether oxygens (including phenoxy) is 1. The third-order valence-electron chi connectivity index (χ3n) is 4.79. The fourth-order valence-electron chi connectivity index (χ4n) is 2.10. The van der Waals surface area contributed by atoms with Gasteiger partial charge >= 0.3 is 0 Å². The predicted molar refractivity (Wildman–Crippen MR) is 104 cm³/mol. The lowest BCUT2D eigenvalue weighted by Gasteiger charge is -2.40. The summed E-state index contributed by atoms with van der Waals surface area (Å²) in [6.07, 6.45) is 2.52. The zero-order valence-electron chi connectivity index (χ0n) is 16.2. The molecule has 0 saturated carbocycles. The molecule has 0 aliphatic carbocycles. The molecule has 0 aliphatic rings. The Morgan fingerprint density at radius 1 is 1.17 bits per heavy atom. The maximum Gasteiger partial charge on any atom is 0.193 e. The average molecular weight is 351 g/mol. The molecule has 1 aromatic carbocycles. The molecule has 0 aromatic heterocycles. The summed E-state index contributed by atoms with van der Waals surface area (Å²) in [5, 5.41) is 10.8. The molecule has 0 saturated heterocycles. The van der Waals surface area contributed by atoms with E-state index in [9.17, 15) is 5.11 Å². The zero-order valence-corrected chi connectivity index (χ0v) is 17.2. The monoisotopic (exact) mass is 350 g/mol. The first-order valence-corrected chi connectivity index (χ1v) is 11.6. The van der Waals surface area contributed by atoms with Gasteiger partial charge in [0.1, 0.15) is 6.10 Å². The van der Waals surface area contributed by atoms with E-state index in [1.165, 1.54) is 0 Å². The Kier molecular flexibility index (Phi) is 7.87. The van der Waals surface area contributed by atoms with Crippen molar-refractivity contribution in [2.45, 2.75) is 77.7 Å². The second-order valence-electron chi connectivity index (χ2n) is 7.86. The zero-order chi connectivity index (χ0) is 18.4. The summed E-state index contributed by atoms with van der Waals surface area (Å²) in [6.45, 7) is 15.3. The first-order valence-electron chi connectivity index (χ1n) is 8.72. The summed E-state index contributed by atoms with van der Waals surface area (Å²) in [4.78, 5) is 0. The standard InChI is InChI=1S/C20H34O3Si/c1-8-12-18(23-24(6,7)20(3,4)5)19(21)16(2)22-15-17-13-10-9-11-14-17/h8-14,16,18-19,21H,15H2,1-7H3/b12-8-/t16-,18+,19+/m0/s1. The van der Waals surface area contributed by atoms with E-state index in [1.54, 1.807) is 0 Å². The van der Waals surface area contributed by atoms with Crippen molar-refractivity contribution in [3.8, 4) is 0 Å². The van der Waals surface area contributed by atoms with E-state index in [-0.39, 0.29) is 17.2 Å². The Morgan fingerprint density at radius 2 is 1.75 bits per heavy atom. The lowest BCUT2D eigenvalue weighted by Crippen LogP contribution is -2.49. The van der Waals surface area contributed by atoms with Gasteiger partial charge in [-0.25, -0.2) is 0 Å². The topological polar surface area (TPSA) is 38.7 Å². The van der Waals surface area contributed by atoms with Crippen LogP contribution in [-0.2, 0) is 15.8 Å². The lowest BCUT2D eigenvalue weighted by molar-refractivity contribution is -0.0709. The highest BCUT2D eigenvalue weighted by atomic mass is 28.4. The number of hydrogen-bond acceptors (Lipinski definition) is 3. The molecule has 1 aromatic rings. The summed E-state index contributed by atoms with van der Waals surface area (Å²) in [6, 6.07) is 10.0. The first kappa shape index (κ1) is 21.1. The number of allylic oxidation sites excluding steroid dienone is 1. The van der Waals surface area contributed by atoms with Gasteiger partial charge in [0.15, 0.2) is 8.32 Å². The summed E-state index contributed by atoms with van der Waals surface area (Å²) in [5.41, 5.74) is 1.10. The van der Waals surface area contributed by atoms with Crippen LogP contribution in [0.15, 0.2) is 42.5 Å². The van der Waals surface area contributed by atoms with Gasteiger partial charge in [-0.15, -0.1) is 0 Å². The molecule has 4 heteroatoms. The van der Waals surface area contributed by atoms with Crippen LogP contribution in [-0.4, -0.2) is 31.7 Å². The van der Waals surface area contributed by atoms with Gasteiger partial charge in [0.05, 0.1) is 18.8 Å². The third kappa shape index (κ3) is 6.17. The molecule has 0 bridgehead atoms. The Balaban J connectivity index is 2.73. The first-order chi connectivity index (χ1) is 11.1. The van der Waals surface area contributed by atoms with Crippen LogP contribution < -0.4 is 0 Å². The predicted octanol–water partition coefficient (Wildman–Crippen LogP) is 4.92. The Labute approximate surface area is 148 Å². The van der Waals surface area contributed by atoms with Crippen molar-refractivity contribution < 1.29 is 14.3 Å². The minimum Gasteiger partial charge on any atom is -0.408 e. The van der Waals surface area contributed by atoms with E-state index in [0.717, 1.165) is 5.56 Å². The second-order valence-corrected chi connectivity index (χ2v) is 12.6. The van der Waals surface area contributed by atoms with Gasteiger partial charge in [-0.2, -0.15) is 0 Å². The molecule has 3 atom stereocenters. The molecule has 0 aliphatic heterocycles. The molecule has 136 valence electrons. The molecule has 0 heterocycles. The molecule has 24 heavy (non-hydrogen) atoms. The number of hydrogen-bond donors (Lipinski definition) is 1. The highest BCUT2D eigenvalue weighted by molar-refractivity contribution is 6.74. The maximum absolute atomic E-state index is 10.7. The van der Waals surface area contributed by atoms with E-state index >= 15 is 0 Å². The van der Waals surface area contributed by atoms with Gasteiger partial charge in [0, 0.05) is 0 Å². The number of aliphatic hydroxyl groups is 1. The Morgan fingerprint density at radius 3 is 2.25 bits per heavy atom. The van der Waals surface area contributed by atoms with Gasteiger partial charge < -0.3 is 14.3 Å². The van der Waals surface area contributed by atoms with Gasteiger partial charge in [0.25, 0.3) is 0 Å². The quantitative estimate of drug-likeness (QED) is 0.534. The molecule has 0 fully saturated rings. The van der Waals surface area contributed by atoms with Crippen molar-refractivity contribution in [3.63, 3.8) is 0 Å². The number of benzene rings is 1. The lowest BCUT2D eigenvalue weighted by atomic mass is 10.1. The Hall–Kier alpha value is -0.943. The molecule has 0 amide bonds. The molecule has 0 radical (unpaired) electrons. The van der Waals surface area contributed by atoms with Crippen molar-refractivity contribution in [2.75, 3.05) is 0 Å². The fraction of sp³-hybridized carbons (Fsp3) is 0.600. The normalized spacial score (nSPS) is 17.0. The van der Waals surface area contributed by atoms with Crippen molar-refractivity contribution >= 4 is 8.32 Å². The molecule has 1 N–H and O–H groups in total. The van der Waals surface area contributed by atoms with Gasteiger partial charge in [-0.1, -0.05) is 63.3 Å². The van der Waals surface area contributed by atoms with Gasteiger partial charge in [-0.3, -0.25) is 0 Å². The van der Waals surface area contributed by atoms with Crippen molar-refractivity contribution in [1.82, 2.24) is 0 Å². The van der Waals surface area contributed by atoms with Crippen LogP contribution in [0.4, 0.5) is 0 Å². The van der Waals surface area contributed by atoms with Crippen LogP contribution in [0.3, 0.4) is 0 Å². The van der Waals surface area contributed by atoms with Crippen LogP contribution >= 0.6 is 0 Å². The summed E-state index contributed by atoms with van der Waals surface area (Å²) in [5.74, 6) is 0. The molecule has 0 unspecified atom stereocenters. The number of rotatable bonds is 8. The maximum atomic E-state index is 10.7. The molecular weight excluding hydrogens is 316 g/mol.